The van der Waals surface area contributed by atoms with E-state index in [1.165, 1.54) is 25.7 Å². The van der Waals surface area contributed by atoms with Crippen molar-refractivity contribution in [1.82, 2.24) is 9.97 Å². The van der Waals surface area contributed by atoms with Gasteiger partial charge in [0.2, 0.25) is 0 Å². The molecule has 94 valence electrons. The lowest BCUT2D eigenvalue weighted by molar-refractivity contribution is 0.446. The lowest BCUT2D eigenvalue weighted by atomic mass is 9.97. The first-order valence-corrected chi connectivity index (χ1v) is 6.80. The molecule has 2 N–H and O–H groups in total. The van der Waals surface area contributed by atoms with Gasteiger partial charge in [0.25, 0.3) is 0 Å². The zero-order chi connectivity index (χ0) is 12.4. The minimum atomic E-state index is 0.0326. The molecule has 1 aliphatic carbocycles. The first-order valence-electron chi connectivity index (χ1n) is 6.80. The number of benzene rings is 1. The van der Waals surface area contributed by atoms with Crippen molar-refractivity contribution >= 4 is 11.0 Å². The average molecular weight is 241 g/mol. The second kappa shape index (κ2) is 5.02. The summed E-state index contributed by atoms with van der Waals surface area (Å²) in [4.78, 5) is 9.06. The molecule has 1 aliphatic rings. The van der Waals surface area contributed by atoms with Gasteiger partial charge in [-0.05, 0) is 24.5 Å². The van der Waals surface area contributed by atoms with Crippen LogP contribution < -0.4 is 5.73 Å². The number of hydrogen-bond donors (Lipinski definition) is 1. The van der Waals surface area contributed by atoms with E-state index in [2.05, 4.69) is 9.97 Å². The Morgan fingerprint density at radius 3 is 2.67 bits per heavy atom. The Kier molecular flexibility index (Phi) is 3.24. The van der Waals surface area contributed by atoms with Crippen molar-refractivity contribution in [2.75, 3.05) is 0 Å². The zero-order valence-corrected chi connectivity index (χ0v) is 10.5. The van der Waals surface area contributed by atoms with E-state index in [0.717, 1.165) is 29.1 Å². The Bertz CT molecular complexity index is 532. The third kappa shape index (κ3) is 2.36. The monoisotopic (exact) mass is 241 g/mol. The topological polar surface area (TPSA) is 51.8 Å². The highest BCUT2D eigenvalue weighted by Gasteiger charge is 2.19. The first kappa shape index (κ1) is 11.6. The van der Waals surface area contributed by atoms with E-state index in [4.69, 9.17) is 5.73 Å². The molecular weight excluding hydrogens is 222 g/mol. The van der Waals surface area contributed by atoms with Crippen LogP contribution in [0.3, 0.4) is 0 Å². The third-order valence-corrected chi connectivity index (χ3v) is 3.91. The van der Waals surface area contributed by atoms with Crippen molar-refractivity contribution in [2.24, 2.45) is 11.7 Å². The van der Waals surface area contributed by atoms with Crippen LogP contribution in [-0.2, 0) is 0 Å². The predicted molar refractivity (Wildman–Crippen MR) is 73.0 cm³/mol. The van der Waals surface area contributed by atoms with E-state index in [9.17, 15) is 0 Å². The molecule has 1 atom stereocenters. The summed E-state index contributed by atoms with van der Waals surface area (Å²) in [6, 6.07) is 7.98. The Labute approximate surface area is 107 Å². The molecule has 0 spiro atoms. The van der Waals surface area contributed by atoms with Crippen LogP contribution in [0.25, 0.3) is 11.0 Å². The van der Waals surface area contributed by atoms with Crippen molar-refractivity contribution in [3.05, 3.63) is 36.2 Å². The molecule has 0 radical (unpaired) electrons. The van der Waals surface area contributed by atoms with Crippen LogP contribution in [0.4, 0.5) is 0 Å². The van der Waals surface area contributed by atoms with Gasteiger partial charge in [0, 0.05) is 6.04 Å². The van der Waals surface area contributed by atoms with Gasteiger partial charge in [-0.25, -0.2) is 4.98 Å². The van der Waals surface area contributed by atoms with E-state index in [-0.39, 0.29) is 6.04 Å². The Morgan fingerprint density at radius 1 is 1.17 bits per heavy atom. The van der Waals surface area contributed by atoms with Crippen molar-refractivity contribution in [3.8, 4) is 0 Å². The standard InChI is InChI=1S/C15H19N3/c16-12(9-11-5-1-2-6-11)15-10-17-13-7-3-4-8-14(13)18-15/h3-4,7-8,10-12H,1-2,5-6,9,16H2. The molecular formula is C15H19N3. The summed E-state index contributed by atoms with van der Waals surface area (Å²) in [7, 11) is 0. The summed E-state index contributed by atoms with van der Waals surface area (Å²) in [6.45, 7) is 0. The molecule has 1 unspecified atom stereocenters. The Hall–Kier alpha value is -1.48. The fraction of sp³-hybridized carbons (Fsp3) is 0.467. The van der Waals surface area contributed by atoms with Crippen LogP contribution in [0.1, 0.15) is 43.8 Å². The second-order valence-electron chi connectivity index (χ2n) is 5.28. The van der Waals surface area contributed by atoms with Crippen LogP contribution in [-0.4, -0.2) is 9.97 Å². The number of para-hydroxylation sites is 2. The second-order valence-corrected chi connectivity index (χ2v) is 5.28. The van der Waals surface area contributed by atoms with Gasteiger partial charge >= 0.3 is 0 Å². The number of fused-ring (bicyclic) bond motifs is 1. The van der Waals surface area contributed by atoms with Gasteiger partial charge in [0.05, 0.1) is 22.9 Å². The fourth-order valence-electron chi connectivity index (χ4n) is 2.88. The smallest absolute Gasteiger partial charge is 0.0890 e. The van der Waals surface area contributed by atoms with Crippen LogP contribution in [0.5, 0.6) is 0 Å². The molecule has 1 aromatic heterocycles. The summed E-state index contributed by atoms with van der Waals surface area (Å²) >= 11 is 0. The molecule has 0 bridgehead atoms. The summed E-state index contributed by atoms with van der Waals surface area (Å²) in [5, 5.41) is 0. The molecule has 3 heteroatoms. The first-order chi connectivity index (χ1) is 8.83. The highest BCUT2D eigenvalue weighted by molar-refractivity contribution is 5.73. The van der Waals surface area contributed by atoms with Crippen LogP contribution in [0.15, 0.2) is 30.5 Å². The largest absolute Gasteiger partial charge is 0.323 e. The Morgan fingerprint density at radius 2 is 1.89 bits per heavy atom. The van der Waals surface area contributed by atoms with Gasteiger partial charge in [0.15, 0.2) is 0 Å². The van der Waals surface area contributed by atoms with E-state index in [1.807, 2.05) is 30.5 Å². The van der Waals surface area contributed by atoms with Crippen molar-refractivity contribution < 1.29 is 0 Å². The predicted octanol–water partition coefficient (Wildman–Crippen LogP) is 3.21. The summed E-state index contributed by atoms with van der Waals surface area (Å²) < 4.78 is 0. The molecule has 0 aliphatic heterocycles. The van der Waals surface area contributed by atoms with Crippen LogP contribution in [0.2, 0.25) is 0 Å². The number of nitrogens with zero attached hydrogens (tertiary/aromatic N) is 2. The zero-order valence-electron chi connectivity index (χ0n) is 10.5. The molecule has 1 aromatic carbocycles. The number of rotatable bonds is 3. The van der Waals surface area contributed by atoms with Crippen molar-refractivity contribution in [3.63, 3.8) is 0 Å². The van der Waals surface area contributed by atoms with Crippen molar-refractivity contribution in [1.29, 1.82) is 0 Å². The Balaban J connectivity index is 1.80. The van der Waals surface area contributed by atoms with E-state index in [0.29, 0.717) is 0 Å². The minimum absolute atomic E-state index is 0.0326. The molecule has 3 nitrogen and oxygen atoms in total. The van der Waals surface area contributed by atoms with Gasteiger partial charge in [-0.1, -0.05) is 37.8 Å². The van der Waals surface area contributed by atoms with Gasteiger partial charge in [0.1, 0.15) is 0 Å². The number of hydrogen-bond acceptors (Lipinski definition) is 3. The maximum atomic E-state index is 6.26. The van der Waals surface area contributed by atoms with Crippen molar-refractivity contribution in [2.45, 2.75) is 38.1 Å². The molecule has 1 heterocycles. The lowest BCUT2D eigenvalue weighted by Crippen LogP contribution is -2.16. The van der Waals surface area contributed by atoms with E-state index >= 15 is 0 Å². The number of nitrogens with two attached hydrogens (primary N) is 1. The average Bonchev–Trinajstić information content (AvgIpc) is 2.91. The van der Waals surface area contributed by atoms with Crippen LogP contribution in [0, 0.1) is 5.92 Å². The third-order valence-electron chi connectivity index (χ3n) is 3.91. The lowest BCUT2D eigenvalue weighted by Gasteiger charge is -2.15. The molecule has 0 saturated heterocycles. The molecule has 2 aromatic rings. The van der Waals surface area contributed by atoms with Crippen LogP contribution >= 0.6 is 0 Å². The van der Waals surface area contributed by atoms with Gasteiger partial charge < -0.3 is 5.73 Å². The molecule has 1 saturated carbocycles. The quantitative estimate of drug-likeness (QED) is 0.897. The minimum Gasteiger partial charge on any atom is -0.323 e. The van der Waals surface area contributed by atoms with Gasteiger partial charge in [-0.2, -0.15) is 0 Å². The van der Waals surface area contributed by atoms with E-state index < -0.39 is 0 Å². The summed E-state index contributed by atoms with van der Waals surface area (Å²) in [5.41, 5.74) is 9.08. The van der Waals surface area contributed by atoms with Gasteiger partial charge in [-0.3, -0.25) is 4.98 Å². The highest BCUT2D eigenvalue weighted by atomic mass is 14.8. The maximum Gasteiger partial charge on any atom is 0.0890 e. The molecule has 3 rings (SSSR count). The molecule has 1 fully saturated rings. The summed E-state index contributed by atoms with van der Waals surface area (Å²) in [6.07, 6.45) is 8.26. The van der Waals surface area contributed by atoms with E-state index in [1.54, 1.807) is 0 Å². The molecule has 0 amide bonds. The summed E-state index contributed by atoms with van der Waals surface area (Å²) in [5.74, 6) is 0.785. The fourth-order valence-corrected chi connectivity index (χ4v) is 2.88. The van der Waals surface area contributed by atoms with Gasteiger partial charge in [-0.15, -0.1) is 0 Å². The molecule has 18 heavy (non-hydrogen) atoms. The maximum absolute atomic E-state index is 6.26. The number of aromatic nitrogens is 2. The SMILES string of the molecule is NC(CC1CCCC1)c1cnc2ccccc2n1. The normalized spacial score (nSPS) is 18.3. The highest BCUT2D eigenvalue weighted by Crippen LogP contribution is 2.31.